The maximum Gasteiger partial charge on any atom is 0.393 e. The van der Waals surface area contributed by atoms with E-state index in [1.165, 1.54) is 11.3 Å². The smallest absolute Gasteiger partial charge is 0.347 e. The van der Waals surface area contributed by atoms with E-state index < -0.39 is 12.1 Å². The van der Waals surface area contributed by atoms with Crippen LogP contribution in [0.1, 0.15) is 12.8 Å². The Morgan fingerprint density at radius 3 is 2.81 bits per heavy atom. The normalized spacial score (nSPS) is 22.5. The minimum atomic E-state index is -4.11. The first kappa shape index (κ1) is 12.0. The second-order valence-corrected chi connectivity index (χ2v) is 5.00. The highest BCUT2D eigenvalue weighted by molar-refractivity contribution is 7.14. The highest BCUT2D eigenvalue weighted by Crippen LogP contribution is 2.35. The number of halogens is 4. The molecule has 2 heterocycles. The van der Waals surface area contributed by atoms with Gasteiger partial charge in [0, 0.05) is 18.5 Å². The number of rotatable bonds is 1. The number of aromatic nitrogens is 1. The molecule has 0 amide bonds. The van der Waals surface area contributed by atoms with Crippen molar-refractivity contribution in [3.63, 3.8) is 0 Å². The lowest BCUT2D eigenvalue weighted by Crippen LogP contribution is -2.41. The van der Waals surface area contributed by atoms with E-state index in [0.717, 1.165) is 0 Å². The van der Waals surface area contributed by atoms with Crippen molar-refractivity contribution in [2.45, 2.75) is 19.0 Å². The van der Waals surface area contributed by atoms with Crippen LogP contribution < -0.4 is 4.90 Å². The van der Waals surface area contributed by atoms with Crippen LogP contribution >= 0.6 is 22.9 Å². The predicted molar refractivity (Wildman–Crippen MR) is 58.1 cm³/mol. The van der Waals surface area contributed by atoms with Gasteiger partial charge < -0.3 is 4.90 Å². The molecule has 1 aromatic rings. The standard InChI is InChI=1S/C9H10ClF3N2S/c10-7-5-16-8(14-7)15-3-1-2-6(4-15)9(11,12)13/h5-6H,1-4H2. The van der Waals surface area contributed by atoms with Gasteiger partial charge in [-0.3, -0.25) is 0 Å². The molecule has 16 heavy (non-hydrogen) atoms. The Morgan fingerprint density at radius 2 is 2.25 bits per heavy atom. The zero-order chi connectivity index (χ0) is 11.8. The van der Waals surface area contributed by atoms with Gasteiger partial charge in [-0.15, -0.1) is 11.3 Å². The summed E-state index contributed by atoms with van der Waals surface area (Å²) in [6.07, 6.45) is -3.36. The van der Waals surface area contributed by atoms with E-state index in [9.17, 15) is 13.2 Å². The Bertz CT molecular complexity index is 366. The molecule has 1 aliphatic heterocycles. The van der Waals surface area contributed by atoms with E-state index in [1.54, 1.807) is 10.3 Å². The van der Waals surface area contributed by atoms with E-state index >= 15 is 0 Å². The number of hydrogen-bond donors (Lipinski definition) is 0. The molecule has 1 fully saturated rings. The van der Waals surface area contributed by atoms with Crippen molar-refractivity contribution in [2.24, 2.45) is 5.92 Å². The van der Waals surface area contributed by atoms with Gasteiger partial charge in [-0.1, -0.05) is 11.6 Å². The Balaban J connectivity index is 2.07. The van der Waals surface area contributed by atoms with E-state index in [4.69, 9.17) is 11.6 Å². The lowest BCUT2D eigenvalue weighted by atomic mass is 9.98. The second-order valence-electron chi connectivity index (χ2n) is 3.78. The van der Waals surface area contributed by atoms with E-state index in [2.05, 4.69) is 4.98 Å². The highest BCUT2D eigenvalue weighted by Gasteiger charge is 2.42. The topological polar surface area (TPSA) is 16.1 Å². The van der Waals surface area contributed by atoms with Gasteiger partial charge in [0.25, 0.3) is 0 Å². The molecule has 1 atom stereocenters. The third-order valence-electron chi connectivity index (χ3n) is 2.62. The van der Waals surface area contributed by atoms with Crippen LogP contribution in [0.5, 0.6) is 0 Å². The average Bonchev–Trinajstić information content (AvgIpc) is 2.64. The minimum absolute atomic E-state index is 0.00660. The minimum Gasteiger partial charge on any atom is -0.347 e. The fraction of sp³-hybridized carbons (Fsp3) is 0.667. The summed E-state index contributed by atoms with van der Waals surface area (Å²) < 4.78 is 37.7. The maximum atomic E-state index is 12.6. The zero-order valence-corrected chi connectivity index (χ0v) is 9.87. The maximum absolute atomic E-state index is 12.6. The molecule has 0 aliphatic carbocycles. The first-order chi connectivity index (χ1) is 7.47. The van der Waals surface area contributed by atoms with E-state index in [1.807, 2.05) is 0 Å². The third-order valence-corrected chi connectivity index (χ3v) is 3.84. The quantitative estimate of drug-likeness (QED) is 0.775. The number of hydrogen-bond acceptors (Lipinski definition) is 3. The Morgan fingerprint density at radius 1 is 1.50 bits per heavy atom. The molecule has 1 saturated heterocycles. The largest absolute Gasteiger partial charge is 0.393 e. The monoisotopic (exact) mass is 270 g/mol. The van der Waals surface area contributed by atoms with Crippen molar-refractivity contribution in [1.82, 2.24) is 4.98 Å². The number of nitrogens with zero attached hydrogens (tertiary/aromatic N) is 2. The first-order valence-corrected chi connectivity index (χ1v) is 6.15. The molecule has 0 saturated carbocycles. The summed E-state index contributed by atoms with van der Waals surface area (Å²) in [6.45, 7) is 0.615. The summed E-state index contributed by atoms with van der Waals surface area (Å²) in [4.78, 5) is 5.66. The van der Waals surface area contributed by atoms with Crippen LogP contribution in [0.2, 0.25) is 5.15 Å². The van der Waals surface area contributed by atoms with Crippen molar-refractivity contribution in [3.8, 4) is 0 Å². The van der Waals surface area contributed by atoms with Gasteiger partial charge >= 0.3 is 6.18 Å². The fourth-order valence-corrected chi connectivity index (χ4v) is 2.79. The van der Waals surface area contributed by atoms with Gasteiger partial charge in [-0.2, -0.15) is 13.2 Å². The molecule has 0 radical (unpaired) electrons. The number of alkyl halides is 3. The molecule has 0 aromatic carbocycles. The zero-order valence-electron chi connectivity index (χ0n) is 8.30. The number of anilines is 1. The fourth-order valence-electron chi connectivity index (χ4n) is 1.81. The highest BCUT2D eigenvalue weighted by atomic mass is 35.5. The summed E-state index contributed by atoms with van der Waals surface area (Å²) in [6, 6.07) is 0. The van der Waals surface area contributed by atoms with Crippen LogP contribution in [0.25, 0.3) is 0 Å². The summed E-state index contributed by atoms with van der Waals surface area (Å²) in [5.74, 6) is -1.25. The molecular formula is C9H10ClF3N2S. The summed E-state index contributed by atoms with van der Waals surface area (Å²) in [5.41, 5.74) is 0. The van der Waals surface area contributed by atoms with Crippen molar-refractivity contribution in [1.29, 1.82) is 0 Å². The van der Waals surface area contributed by atoms with Gasteiger partial charge in [-0.25, -0.2) is 4.98 Å². The van der Waals surface area contributed by atoms with Crippen LogP contribution in [0.15, 0.2) is 5.38 Å². The molecule has 1 unspecified atom stereocenters. The SMILES string of the molecule is FC(F)(F)C1CCCN(c2nc(Cl)cs2)C1. The molecule has 2 rings (SSSR count). The molecule has 0 N–H and O–H groups in total. The van der Waals surface area contributed by atoms with Gasteiger partial charge in [0.05, 0.1) is 5.92 Å². The third kappa shape index (κ3) is 2.60. The Labute approximate surface area is 100 Å². The lowest BCUT2D eigenvalue weighted by molar-refractivity contribution is -0.175. The van der Waals surface area contributed by atoms with Crippen molar-refractivity contribution >= 4 is 28.1 Å². The van der Waals surface area contributed by atoms with Gasteiger partial charge in [0.2, 0.25) is 0 Å². The average molecular weight is 271 g/mol. The number of thiazole rings is 1. The van der Waals surface area contributed by atoms with Crippen molar-refractivity contribution < 1.29 is 13.2 Å². The van der Waals surface area contributed by atoms with Crippen molar-refractivity contribution in [3.05, 3.63) is 10.5 Å². The van der Waals surface area contributed by atoms with Crippen LogP contribution in [0.3, 0.4) is 0 Å². The van der Waals surface area contributed by atoms with Crippen LogP contribution in [-0.4, -0.2) is 24.2 Å². The summed E-state index contributed by atoms with van der Waals surface area (Å²) in [7, 11) is 0. The summed E-state index contributed by atoms with van der Waals surface area (Å²) >= 11 is 6.94. The molecule has 2 nitrogen and oxygen atoms in total. The molecule has 0 bridgehead atoms. The molecule has 1 aliphatic rings. The summed E-state index contributed by atoms with van der Waals surface area (Å²) in [5, 5.41) is 2.56. The predicted octanol–water partition coefficient (Wildman–Crippen LogP) is 3.58. The van der Waals surface area contributed by atoms with Crippen LogP contribution in [0, 0.1) is 5.92 Å². The van der Waals surface area contributed by atoms with Crippen molar-refractivity contribution in [2.75, 3.05) is 18.0 Å². The first-order valence-electron chi connectivity index (χ1n) is 4.89. The second kappa shape index (κ2) is 4.41. The van der Waals surface area contributed by atoms with E-state index in [-0.39, 0.29) is 13.0 Å². The lowest BCUT2D eigenvalue weighted by Gasteiger charge is -2.33. The Hall–Kier alpha value is -0.490. The van der Waals surface area contributed by atoms with E-state index in [0.29, 0.717) is 23.3 Å². The van der Waals surface area contributed by atoms with Gasteiger partial charge in [0.15, 0.2) is 5.13 Å². The Kier molecular flexibility index (Phi) is 3.30. The van der Waals surface area contributed by atoms with Gasteiger partial charge in [-0.05, 0) is 12.8 Å². The molecule has 1 aromatic heterocycles. The molecule has 90 valence electrons. The van der Waals surface area contributed by atoms with Crippen LogP contribution in [-0.2, 0) is 0 Å². The molecular weight excluding hydrogens is 261 g/mol. The number of piperidine rings is 1. The van der Waals surface area contributed by atoms with Gasteiger partial charge in [0.1, 0.15) is 5.15 Å². The molecule has 0 spiro atoms. The molecule has 7 heteroatoms. The van der Waals surface area contributed by atoms with Crippen LogP contribution in [0.4, 0.5) is 18.3 Å².